The van der Waals surface area contributed by atoms with Gasteiger partial charge in [0.25, 0.3) is 0 Å². The van der Waals surface area contributed by atoms with Gasteiger partial charge in [-0.25, -0.2) is 0 Å². The number of fused-ring (bicyclic) bond motifs is 1. The molecule has 2 unspecified atom stereocenters. The van der Waals surface area contributed by atoms with E-state index in [1.807, 2.05) is 24.3 Å². The fourth-order valence-corrected chi connectivity index (χ4v) is 3.25. The molecule has 2 fully saturated rings. The molecule has 2 aliphatic rings. The molecule has 2 atom stereocenters. The first-order valence-corrected chi connectivity index (χ1v) is 7.34. The molecule has 108 valence electrons. The van der Waals surface area contributed by atoms with Gasteiger partial charge in [0.1, 0.15) is 0 Å². The summed E-state index contributed by atoms with van der Waals surface area (Å²) in [5.41, 5.74) is 7.18. The first-order valence-electron chi connectivity index (χ1n) is 7.34. The predicted octanol–water partition coefficient (Wildman–Crippen LogP) is 1.28. The van der Waals surface area contributed by atoms with Gasteiger partial charge in [-0.05, 0) is 30.5 Å². The highest BCUT2D eigenvalue weighted by Crippen LogP contribution is 2.40. The topological polar surface area (TPSA) is 63.4 Å². The Hall–Kier alpha value is -2.12. The summed E-state index contributed by atoms with van der Waals surface area (Å²) < 4.78 is 0. The molecule has 4 nitrogen and oxygen atoms in total. The summed E-state index contributed by atoms with van der Waals surface area (Å²) in [6.07, 6.45) is 2.72. The van der Waals surface area contributed by atoms with Crippen LogP contribution in [-0.2, 0) is 16.1 Å². The summed E-state index contributed by atoms with van der Waals surface area (Å²) in [4.78, 5) is 26.0. The van der Waals surface area contributed by atoms with Crippen molar-refractivity contribution in [1.82, 2.24) is 4.90 Å². The predicted molar refractivity (Wildman–Crippen MR) is 78.8 cm³/mol. The lowest BCUT2D eigenvalue weighted by atomic mass is 10.00. The Bertz CT molecular complexity index is 602. The molecule has 0 radical (unpaired) electrons. The maximum atomic E-state index is 12.3. The zero-order valence-electron chi connectivity index (χ0n) is 11.8. The molecule has 2 amide bonds. The maximum absolute atomic E-state index is 12.3. The van der Waals surface area contributed by atoms with E-state index in [0.29, 0.717) is 13.1 Å². The molecule has 1 heterocycles. The molecule has 0 spiro atoms. The molecule has 2 N–H and O–H groups in total. The minimum absolute atomic E-state index is 0.00880. The highest BCUT2D eigenvalue weighted by molar-refractivity contribution is 6.05. The van der Waals surface area contributed by atoms with E-state index >= 15 is 0 Å². The number of carbonyl (C=O) groups excluding carboxylic acids is 2. The molecule has 0 aromatic heterocycles. The van der Waals surface area contributed by atoms with E-state index in [4.69, 9.17) is 5.73 Å². The van der Waals surface area contributed by atoms with Crippen LogP contribution in [0, 0.1) is 23.7 Å². The molecule has 1 aromatic rings. The van der Waals surface area contributed by atoms with Gasteiger partial charge in [-0.3, -0.25) is 14.5 Å². The van der Waals surface area contributed by atoms with Gasteiger partial charge in [0, 0.05) is 5.56 Å². The molecule has 3 rings (SSSR count). The van der Waals surface area contributed by atoms with Crippen molar-refractivity contribution in [2.45, 2.75) is 25.8 Å². The smallest absolute Gasteiger partial charge is 0.233 e. The molecule has 1 saturated carbocycles. The van der Waals surface area contributed by atoms with Crippen molar-refractivity contribution < 1.29 is 9.59 Å². The normalized spacial score (nSPS) is 24.0. The fraction of sp³-hybridized carbons (Fsp3) is 0.412. The third kappa shape index (κ3) is 2.57. The van der Waals surface area contributed by atoms with Crippen LogP contribution in [0.1, 0.15) is 30.4 Å². The molecule has 1 aromatic carbocycles. The van der Waals surface area contributed by atoms with Crippen molar-refractivity contribution in [2.24, 2.45) is 17.6 Å². The zero-order valence-corrected chi connectivity index (χ0v) is 11.8. The maximum Gasteiger partial charge on any atom is 0.233 e. The van der Waals surface area contributed by atoms with E-state index in [0.717, 1.165) is 30.4 Å². The number of nitrogens with two attached hydrogens (primary N) is 1. The van der Waals surface area contributed by atoms with Crippen LogP contribution in [0.5, 0.6) is 0 Å². The standard InChI is InChI=1S/C17H18N2O2/c18-10-2-3-12-6-8-13(9-7-12)11-19-16(20)14-4-1-5-15(14)17(19)21/h6-9,14-15H,1,4-5,10-11,18H2. The largest absolute Gasteiger partial charge is 0.320 e. The zero-order chi connectivity index (χ0) is 14.8. The summed E-state index contributed by atoms with van der Waals surface area (Å²) in [5, 5.41) is 0. The monoisotopic (exact) mass is 282 g/mol. The second-order valence-corrected chi connectivity index (χ2v) is 5.61. The highest BCUT2D eigenvalue weighted by Gasteiger charge is 2.49. The van der Waals surface area contributed by atoms with E-state index in [9.17, 15) is 9.59 Å². The van der Waals surface area contributed by atoms with E-state index in [2.05, 4.69) is 11.8 Å². The van der Waals surface area contributed by atoms with Gasteiger partial charge in [0.05, 0.1) is 24.9 Å². The fourth-order valence-electron chi connectivity index (χ4n) is 3.25. The number of nitrogens with zero attached hydrogens (tertiary/aromatic N) is 1. The summed E-state index contributed by atoms with van der Waals surface area (Å²) >= 11 is 0. The second kappa shape index (κ2) is 5.71. The minimum atomic E-state index is -0.0628. The molecule has 4 heteroatoms. The van der Waals surface area contributed by atoms with Crippen molar-refractivity contribution in [3.05, 3.63) is 35.4 Å². The lowest BCUT2D eigenvalue weighted by molar-refractivity contribution is -0.141. The Morgan fingerprint density at radius 3 is 2.29 bits per heavy atom. The van der Waals surface area contributed by atoms with E-state index in [-0.39, 0.29) is 23.7 Å². The van der Waals surface area contributed by atoms with Gasteiger partial charge < -0.3 is 5.73 Å². The van der Waals surface area contributed by atoms with Crippen molar-refractivity contribution in [3.63, 3.8) is 0 Å². The van der Waals surface area contributed by atoms with Gasteiger partial charge in [-0.2, -0.15) is 0 Å². The Morgan fingerprint density at radius 1 is 1.10 bits per heavy atom. The van der Waals surface area contributed by atoms with Crippen molar-refractivity contribution >= 4 is 11.8 Å². The van der Waals surface area contributed by atoms with Crippen LogP contribution in [0.2, 0.25) is 0 Å². The molecule has 1 aliphatic heterocycles. The van der Waals surface area contributed by atoms with Crippen LogP contribution < -0.4 is 5.73 Å². The van der Waals surface area contributed by atoms with Gasteiger partial charge in [0.2, 0.25) is 11.8 Å². The summed E-state index contributed by atoms with van der Waals surface area (Å²) in [6, 6.07) is 7.61. The van der Waals surface area contributed by atoms with Gasteiger partial charge in [-0.15, -0.1) is 0 Å². The number of benzene rings is 1. The van der Waals surface area contributed by atoms with E-state index in [1.54, 1.807) is 0 Å². The van der Waals surface area contributed by atoms with Gasteiger partial charge in [-0.1, -0.05) is 30.4 Å². The van der Waals surface area contributed by atoms with Crippen LogP contribution in [0.15, 0.2) is 24.3 Å². The Labute approximate surface area is 124 Å². The number of amides is 2. The number of rotatable bonds is 2. The number of carbonyl (C=O) groups is 2. The van der Waals surface area contributed by atoms with E-state index < -0.39 is 0 Å². The van der Waals surface area contributed by atoms with Crippen LogP contribution in [-0.4, -0.2) is 23.3 Å². The number of hydrogen-bond acceptors (Lipinski definition) is 3. The number of imide groups is 1. The van der Waals surface area contributed by atoms with Crippen LogP contribution in [0.4, 0.5) is 0 Å². The molecule has 1 aliphatic carbocycles. The van der Waals surface area contributed by atoms with E-state index in [1.165, 1.54) is 4.90 Å². The van der Waals surface area contributed by atoms with Crippen LogP contribution in [0.3, 0.4) is 0 Å². The Balaban J connectivity index is 1.72. The average Bonchev–Trinajstić information content (AvgIpc) is 3.06. The minimum Gasteiger partial charge on any atom is -0.320 e. The Morgan fingerprint density at radius 2 is 1.71 bits per heavy atom. The van der Waals surface area contributed by atoms with Crippen molar-refractivity contribution in [2.75, 3.05) is 6.54 Å². The first-order chi connectivity index (χ1) is 10.2. The summed E-state index contributed by atoms with van der Waals surface area (Å²) in [7, 11) is 0. The summed E-state index contributed by atoms with van der Waals surface area (Å²) in [6.45, 7) is 0.705. The average molecular weight is 282 g/mol. The molecule has 1 saturated heterocycles. The van der Waals surface area contributed by atoms with Crippen molar-refractivity contribution in [1.29, 1.82) is 0 Å². The third-order valence-corrected chi connectivity index (χ3v) is 4.31. The molecular formula is C17H18N2O2. The third-order valence-electron chi connectivity index (χ3n) is 4.31. The highest BCUT2D eigenvalue weighted by atomic mass is 16.2. The quantitative estimate of drug-likeness (QED) is 0.656. The molecular weight excluding hydrogens is 264 g/mol. The summed E-state index contributed by atoms with van der Waals surface area (Å²) in [5.74, 6) is 5.64. The molecule has 0 bridgehead atoms. The lowest BCUT2D eigenvalue weighted by Gasteiger charge is -2.15. The first kappa shape index (κ1) is 13.8. The van der Waals surface area contributed by atoms with Crippen LogP contribution in [0.25, 0.3) is 0 Å². The van der Waals surface area contributed by atoms with Gasteiger partial charge >= 0.3 is 0 Å². The van der Waals surface area contributed by atoms with Gasteiger partial charge in [0.15, 0.2) is 0 Å². The number of hydrogen-bond donors (Lipinski definition) is 1. The van der Waals surface area contributed by atoms with Crippen LogP contribution >= 0.6 is 0 Å². The van der Waals surface area contributed by atoms with Crippen molar-refractivity contribution in [3.8, 4) is 11.8 Å². The Kier molecular flexibility index (Phi) is 3.76. The lowest BCUT2D eigenvalue weighted by Crippen LogP contribution is -2.31. The second-order valence-electron chi connectivity index (χ2n) is 5.61. The molecule has 21 heavy (non-hydrogen) atoms. The number of likely N-dealkylation sites (tertiary alicyclic amines) is 1. The SMILES string of the molecule is NCC#Cc1ccc(CN2C(=O)C3CCCC3C2=O)cc1.